The van der Waals surface area contributed by atoms with Crippen LogP contribution in [0.4, 0.5) is 11.4 Å². The molecule has 0 bridgehead atoms. The van der Waals surface area contributed by atoms with Crippen LogP contribution in [0.2, 0.25) is 0 Å². The monoisotopic (exact) mass is 300 g/mol. The predicted octanol–water partition coefficient (Wildman–Crippen LogP) is 5.76. The second-order valence-corrected chi connectivity index (χ2v) is 5.50. The van der Waals surface area contributed by atoms with Gasteiger partial charge in [-0.25, -0.2) is 9.69 Å². The average Bonchev–Trinajstić information content (AvgIpc) is 2.52. The zero-order valence-corrected chi connectivity index (χ0v) is 14.3. The molecule has 0 spiro atoms. The number of nitrogens with zero attached hydrogens (tertiary/aromatic N) is 2. The molecule has 1 rings (SSSR count). The molecule has 2 atom stereocenters. The highest BCUT2D eigenvalue weighted by Crippen LogP contribution is 2.48. The summed E-state index contributed by atoms with van der Waals surface area (Å²) in [5, 5.41) is 0. The molecule has 0 N–H and O–H groups in total. The summed E-state index contributed by atoms with van der Waals surface area (Å²) in [6.45, 7) is 26.5. The molecule has 0 fully saturated rings. The Hall–Kier alpha value is -2.20. The van der Waals surface area contributed by atoms with Crippen LogP contribution in [0.1, 0.15) is 51.7 Å². The van der Waals surface area contributed by atoms with E-state index in [4.69, 9.17) is 22.6 Å². The van der Waals surface area contributed by atoms with E-state index in [0.29, 0.717) is 34.0 Å². The van der Waals surface area contributed by atoms with Crippen molar-refractivity contribution >= 4 is 11.4 Å². The van der Waals surface area contributed by atoms with E-state index in [2.05, 4.69) is 9.69 Å². The molecule has 0 aromatic heterocycles. The fourth-order valence-corrected chi connectivity index (χ4v) is 2.04. The fraction of sp³-hybridized carbons (Fsp3) is 0.556. The van der Waals surface area contributed by atoms with E-state index < -0.39 is 0 Å². The van der Waals surface area contributed by atoms with Gasteiger partial charge in [-0.15, -0.1) is 0 Å². The van der Waals surface area contributed by atoms with Crippen molar-refractivity contribution in [3.63, 3.8) is 0 Å². The normalized spacial score (nSPS) is 12.9. The number of hydrogen-bond donors (Lipinski definition) is 0. The molecule has 0 aliphatic carbocycles. The number of ether oxygens (including phenoxy) is 2. The summed E-state index contributed by atoms with van der Waals surface area (Å²) in [7, 11) is 0. The summed E-state index contributed by atoms with van der Waals surface area (Å²) >= 11 is 0. The minimum absolute atomic E-state index is 0.0229. The van der Waals surface area contributed by atoms with Crippen molar-refractivity contribution in [2.45, 2.75) is 66.6 Å². The van der Waals surface area contributed by atoms with E-state index in [1.165, 1.54) is 0 Å². The van der Waals surface area contributed by atoms with Crippen LogP contribution >= 0.6 is 0 Å². The highest BCUT2D eigenvalue weighted by Gasteiger charge is 2.24. The maximum Gasteiger partial charge on any atom is 0.201 e. The molecular formula is C18H24N2O2. The van der Waals surface area contributed by atoms with Gasteiger partial charge in [-0.2, -0.15) is 0 Å². The second-order valence-electron chi connectivity index (χ2n) is 5.50. The molecular weight excluding hydrogens is 276 g/mol. The van der Waals surface area contributed by atoms with Gasteiger partial charge in [0.25, 0.3) is 0 Å². The Morgan fingerprint density at radius 1 is 0.818 bits per heavy atom. The topological polar surface area (TPSA) is 27.2 Å². The summed E-state index contributed by atoms with van der Waals surface area (Å²) in [5.41, 5.74) is 2.10. The number of rotatable bonds is 6. The highest BCUT2D eigenvalue weighted by atomic mass is 16.5. The first-order valence-electron chi connectivity index (χ1n) is 7.66. The molecule has 0 amide bonds. The first-order chi connectivity index (χ1) is 10.4. The maximum absolute atomic E-state index is 7.38. The van der Waals surface area contributed by atoms with Crippen LogP contribution in [0, 0.1) is 27.0 Å². The molecule has 0 saturated heterocycles. The van der Waals surface area contributed by atoms with Crippen molar-refractivity contribution in [1.82, 2.24) is 0 Å². The lowest BCUT2D eigenvalue weighted by atomic mass is 10.0. The van der Waals surface area contributed by atoms with Gasteiger partial charge in [-0.3, -0.25) is 0 Å². The van der Waals surface area contributed by atoms with E-state index in [-0.39, 0.29) is 12.2 Å². The first-order valence-corrected chi connectivity index (χ1v) is 7.66. The summed E-state index contributed by atoms with van der Waals surface area (Å²) < 4.78 is 12.0. The van der Waals surface area contributed by atoms with Crippen LogP contribution in [0.25, 0.3) is 9.69 Å². The van der Waals surface area contributed by atoms with Crippen molar-refractivity contribution in [3.8, 4) is 11.5 Å². The van der Waals surface area contributed by atoms with Gasteiger partial charge in [-0.05, 0) is 51.7 Å². The molecule has 0 unspecified atom stereocenters. The van der Waals surface area contributed by atoms with Crippen LogP contribution in [0.5, 0.6) is 11.5 Å². The summed E-state index contributed by atoms with van der Waals surface area (Å²) in [6.07, 6.45) is 1.77. The van der Waals surface area contributed by atoms with Crippen LogP contribution in [0.3, 0.4) is 0 Å². The maximum atomic E-state index is 7.38. The Balaban J connectivity index is 3.59. The Morgan fingerprint density at radius 2 is 1.14 bits per heavy atom. The number of hydrogen-bond acceptors (Lipinski definition) is 2. The lowest BCUT2D eigenvalue weighted by molar-refractivity contribution is 0.175. The van der Waals surface area contributed by atoms with E-state index in [1.54, 1.807) is 0 Å². The van der Waals surface area contributed by atoms with Crippen molar-refractivity contribution in [2.75, 3.05) is 0 Å². The smallest absolute Gasteiger partial charge is 0.201 e. The molecule has 1 aromatic rings. The van der Waals surface area contributed by atoms with E-state index in [9.17, 15) is 0 Å². The molecule has 0 aliphatic heterocycles. The third kappa shape index (κ3) is 3.52. The summed E-state index contributed by atoms with van der Waals surface area (Å²) in [6, 6.07) is 0. The van der Waals surface area contributed by atoms with Crippen molar-refractivity contribution in [3.05, 3.63) is 34.0 Å². The third-order valence-corrected chi connectivity index (χ3v) is 3.83. The minimum atomic E-state index is 0.0229. The SMILES string of the molecule is [C-]#[N+]c1c(C)c(O[C@H](C)CC)c(O[C@H](C)CC)c(C)c1[N+]#[C-]. The number of benzene rings is 1. The van der Waals surface area contributed by atoms with Gasteiger partial charge in [-0.1, -0.05) is 13.8 Å². The largest absolute Gasteiger partial charge is 0.488 e. The average molecular weight is 300 g/mol. The standard InChI is InChI=1S/C18H24N2O2/c1-9-11(3)21-17-13(5)15(19-7)16(20-8)14(6)18(17)22-12(4)10-2/h11-12H,9-10H2,1-6H3/t11-,12-/m1/s1. The molecule has 1 aromatic carbocycles. The summed E-state index contributed by atoms with van der Waals surface area (Å²) in [5.74, 6) is 1.20. The van der Waals surface area contributed by atoms with Gasteiger partial charge in [0.05, 0.1) is 25.4 Å². The zero-order chi connectivity index (χ0) is 16.9. The van der Waals surface area contributed by atoms with Gasteiger partial charge in [0.2, 0.25) is 11.4 Å². The lowest BCUT2D eigenvalue weighted by Gasteiger charge is -2.24. The van der Waals surface area contributed by atoms with Crippen LogP contribution in [0.15, 0.2) is 0 Å². The first kappa shape index (κ1) is 17.9. The zero-order valence-electron chi connectivity index (χ0n) is 14.3. The minimum Gasteiger partial charge on any atom is -0.488 e. The van der Waals surface area contributed by atoms with E-state index >= 15 is 0 Å². The fourth-order valence-electron chi connectivity index (χ4n) is 2.04. The predicted molar refractivity (Wildman–Crippen MR) is 89.2 cm³/mol. The van der Waals surface area contributed by atoms with Crippen molar-refractivity contribution in [1.29, 1.82) is 0 Å². The molecule has 0 radical (unpaired) electrons. The van der Waals surface area contributed by atoms with Gasteiger partial charge in [0, 0.05) is 0 Å². The molecule has 22 heavy (non-hydrogen) atoms. The Bertz CT molecular complexity index is 569. The molecule has 0 aliphatic rings. The van der Waals surface area contributed by atoms with Crippen LogP contribution in [-0.4, -0.2) is 12.2 Å². The van der Waals surface area contributed by atoms with Crippen molar-refractivity contribution < 1.29 is 9.47 Å². The molecule has 0 heterocycles. The Labute approximate surface area is 133 Å². The van der Waals surface area contributed by atoms with Gasteiger partial charge < -0.3 is 9.47 Å². The molecule has 4 heteroatoms. The van der Waals surface area contributed by atoms with E-state index in [0.717, 1.165) is 12.8 Å². The Kier molecular flexibility index (Phi) is 6.25. The Morgan fingerprint density at radius 3 is 1.36 bits per heavy atom. The van der Waals surface area contributed by atoms with Gasteiger partial charge in [0.1, 0.15) is 0 Å². The summed E-state index contributed by atoms with van der Waals surface area (Å²) in [4.78, 5) is 7.07. The third-order valence-electron chi connectivity index (χ3n) is 3.83. The van der Waals surface area contributed by atoms with Crippen LogP contribution in [-0.2, 0) is 0 Å². The molecule has 0 saturated carbocycles. The molecule has 4 nitrogen and oxygen atoms in total. The quantitative estimate of drug-likeness (QED) is 0.624. The molecule has 118 valence electrons. The van der Waals surface area contributed by atoms with Gasteiger partial charge in [0.15, 0.2) is 11.5 Å². The van der Waals surface area contributed by atoms with Gasteiger partial charge >= 0.3 is 0 Å². The van der Waals surface area contributed by atoms with Crippen molar-refractivity contribution in [2.24, 2.45) is 0 Å². The van der Waals surface area contributed by atoms with Crippen LogP contribution < -0.4 is 9.47 Å². The van der Waals surface area contributed by atoms with E-state index in [1.807, 2.05) is 41.5 Å². The highest BCUT2D eigenvalue weighted by molar-refractivity contribution is 5.83. The lowest BCUT2D eigenvalue weighted by Crippen LogP contribution is -2.16. The second kappa shape index (κ2) is 7.71.